The summed E-state index contributed by atoms with van der Waals surface area (Å²) in [5.41, 5.74) is 0. The van der Waals surface area contributed by atoms with Gasteiger partial charge in [0, 0.05) is 24.9 Å². The lowest BCUT2D eigenvalue weighted by Crippen LogP contribution is -2.45. The van der Waals surface area contributed by atoms with Crippen molar-refractivity contribution in [3.05, 3.63) is 40.5 Å². The van der Waals surface area contributed by atoms with E-state index in [0.717, 1.165) is 5.76 Å². The first-order chi connectivity index (χ1) is 14.7. The number of carbonyl (C=O) groups excluding carboxylic acids is 1. The van der Waals surface area contributed by atoms with Gasteiger partial charge in [-0.3, -0.25) is 4.79 Å². The maximum Gasteiger partial charge on any atom is 0.244 e. The number of amides is 1. The van der Waals surface area contributed by atoms with Crippen LogP contribution in [0.1, 0.15) is 35.1 Å². The maximum absolute atomic E-state index is 13.3. The summed E-state index contributed by atoms with van der Waals surface area (Å²) in [7, 11) is -3.74. The van der Waals surface area contributed by atoms with Crippen molar-refractivity contribution in [2.24, 2.45) is 5.92 Å². The van der Waals surface area contributed by atoms with Gasteiger partial charge in [-0.25, -0.2) is 8.42 Å². The summed E-state index contributed by atoms with van der Waals surface area (Å²) in [6.45, 7) is 6.10. The molecule has 1 fully saturated rings. The molecule has 3 aromatic rings. The Balaban J connectivity index is 1.47. The summed E-state index contributed by atoms with van der Waals surface area (Å²) in [5.74, 6) is 1.66. The Labute approximate surface area is 184 Å². The number of aromatic nitrogens is 2. The fourth-order valence-corrected chi connectivity index (χ4v) is 6.65. The Morgan fingerprint density at radius 1 is 1.32 bits per heavy atom. The molecule has 0 saturated carbocycles. The number of furan rings is 1. The molecule has 0 aromatic carbocycles. The maximum atomic E-state index is 13.3. The van der Waals surface area contributed by atoms with E-state index in [1.54, 1.807) is 19.9 Å². The molecule has 1 saturated heterocycles. The molecule has 1 atom stereocenters. The second-order valence-electron chi connectivity index (χ2n) is 7.60. The number of carbonyl (C=O) groups is 1. The van der Waals surface area contributed by atoms with Gasteiger partial charge in [0.2, 0.25) is 27.6 Å². The standard InChI is InChI=1S/C20H24N4O5S2/c1-12-6-7-16(28-12)10-21-20(25)15-5-4-8-24(11-15)31(26,27)18-9-17(30-13(18)2)19-22-14(3)29-23-19/h6-7,9,15H,4-5,8,10-11H2,1-3H3,(H,21,25)/t15-/m0/s1. The SMILES string of the molecule is Cc1ccc(CNC(=O)[C@H]2CCCN(S(=O)(=O)c3cc(-c4noc(C)n4)sc3C)C2)o1. The molecule has 9 nitrogen and oxygen atoms in total. The predicted molar refractivity (Wildman–Crippen MR) is 114 cm³/mol. The average molecular weight is 465 g/mol. The van der Waals surface area contributed by atoms with Gasteiger partial charge >= 0.3 is 0 Å². The Morgan fingerprint density at radius 2 is 2.13 bits per heavy atom. The first-order valence-corrected chi connectivity index (χ1v) is 12.2. The second kappa shape index (κ2) is 8.56. The van der Waals surface area contributed by atoms with Crippen molar-refractivity contribution in [1.29, 1.82) is 0 Å². The van der Waals surface area contributed by atoms with E-state index >= 15 is 0 Å². The van der Waals surface area contributed by atoms with E-state index in [9.17, 15) is 13.2 Å². The Bertz CT molecular complexity index is 1190. The van der Waals surface area contributed by atoms with Crippen molar-refractivity contribution in [1.82, 2.24) is 19.8 Å². The van der Waals surface area contributed by atoms with Crippen LogP contribution in [0.2, 0.25) is 0 Å². The number of nitrogens with zero attached hydrogens (tertiary/aromatic N) is 3. The van der Waals surface area contributed by atoms with Gasteiger partial charge < -0.3 is 14.3 Å². The lowest BCUT2D eigenvalue weighted by Gasteiger charge is -2.31. The molecular weight excluding hydrogens is 440 g/mol. The summed E-state index contributed by atoms with van der Waals surface area (Å²) in [4.78, 5) is 18.3. The molecule has 11 heteroatoms. The number of aryl methyl sites for hydroxylation is 3. The highest BCUT2D eigenvalue weighted by Crippen LogP contribution is 2.34. The molecule has 166 valence electrons. The van der Waals surface area contributed by atoms with Crippen LogP contribution in [-0.2, 0) is 21.4 Å². The van der Waals surface area contributed by atoms with Crippen LogP contribution in [0.5, 0.6) is 0 Å². The first-order valence-electron chi connectivity index (χ1n) is 9.98. The summed E-state index contributed by atoms with van der Waals surface area (Å²) >= 11 is 1.31. The van der Waals surface area contributed by atoms with Gasteiger partial charge in [-0.05, 0) is 44.9 Å². The molecular formula is C20H24N4O5S2. The molecule has 0 aliphatic carbocycles. The molecule has 1 aliphatic heterocycles. The van der Waals surface area contributed by atoms with Crippen LogP contribution in [0, 0.1) is 26.7 Å². The van der Waals surface area contributed by atoms with Crippen LogP contribution in [0.3, 0.4) is 0 Å². The molecule has 1 aliphatic rings. The second-order valence-corrected chi connectivity index (χ2v) is 10.8. The zero-order chi connectivity index (χ0) is 22.2. The summed E-state index contributed by atoms with van der Waals surface area (Å²) in [6, 6.07) is 5.24. The van der Waals surface area contributed by atoms with Crippen LogP contribution < -0.4 is 5.32 Å². The van der Waals surface area contributed by atoms with Gasteiger partial charge in [-0.2, -0.15) is 9.29 Å². The van der Waals surface area contributed by atoms with Crippen LogP contribution in [0.25, 0.3) is 10.7 Å². The molecule has 0 spiro atoms. The van der Waals surface area contributed by atoms with Crippen molar-refractivity contribution in [2.75, 3.05) is 13.1 Å². The fraction of sp³-hybridized carbons (Fsp3) is 0.450. The topological polar surface area (TPSA) is 119 Å². The van der Waals surface area contributed by atoms with E-state index in [-0.39, 0.29) is 23.9 Å². The van der Waals surface area contributed by atoms with Gasteiger partial charge in [-0.1, -0.05) is 5.16 Å². The average Bonchev–Trinajstić information content (AvgIpc) is 3.46. The lowest BCUT2D eigenvalue weighted by molar-refractivity contribution is -0.126. The normalized spacial score (nSPS) is 17.7. The molecule has 0 bridgehead atoms. The Kier molecular flexibility index (Phi) is 6.00. The van der Waals surface area contributed by atoms with Crippen LogP contribution in [0.4, 0.5) is 0 Å². The fourth-order valence-electron chi connectivity index (χ4n) is 3.64. The summed E-state index contributed by atoms with van der Waals surface area (Å²) in [5, 5.41) is 6.73. The number of piperidine rings is 1. The molecule has 3 aromatic heterocycles. The molecule has 0 unspecified atom stereocenters. The Morgan fingerprint density at radius 3 is 2.81 bits per heavy atom. The van der Waals surface area contributed by atoms with Crippen LogP contribution in [-0.4, -0.2) is 41.9 Å². The first kappa shape index (κ1) is 21.7. The minimum atomic E-state index is -3.74. The van der Waals surface area contributed by atoms with Crippen molar-refractivity contribution in [2.45, 2.75) is 45.1 Å². The molecule has 4 heterocycles. The third-order valence-corrected chi connectivity index (χ3v) is 8.39. The van der Waals surface area contributed by atoms with Crippen LogP contribution >= 0.6 is 11.3 Å². The minimum Gasteiger partial charge on any atom is -0.465 e. The smallest absolute Gasteiger partial charge is 0.244 e. The zero-order valence-corrected chi connectivity index (χ0v) is 19.2. The third-order valence-electron chi connectivity index (χ3n) is 5.23. The Hall–Kier alpha value is -2.50. The highest BCUT2D eigenvalue weighted by molar-refractivity contribution is 7.89. The van der Waals surface area contributed by atoms with Gasteiger partial charge in [0.25, 0.3) is 0 Å². The highest BCUT2D eigenvalue weighted by atomic mass is 32.2. The number of hydrogen-bond donors (Lipinski definition) is 1. The molecule has 1 N–H and O–H groups in total. The van der Waals surface area contributed by atoms with E-state index < -0.39 is 15.9 Å². The number of rotatable bonds is 6. The predicted octanol–water partition coefficient (Wildman–Crippen LogP) is 3.03. The van der Waals surface area contributed by atoms with E-state index in [2.05, 4.69) is 15.5 Å². The van der Waals surface area contributed by atoms with Gasteiger partial charge in [0.1, 0.15) is 11.5 Å². The third kappa shape index (κ3) is 4.58. The zero-order valence-electron chi connectivity index (χ0n) is 17.5. The minimum absolute atomic E-state index is 0.150. The number of hydrogen-bond acceptors (Lipinski definition) is 8. The number of sulfonamides is 1. The van der Waals surface area contributed by atoms with E-state index in [1.807, 2.05) is 19.1 Å². The quantitative estimate of drug-likeness (QED) is 0.595. The number of thiophene rings is 1. The van der Waals surface area contributed by atoms with Gasteiger partial charge in [0.05, 0.1) is 22.2 Å². The summed E-state index contributed by atoms with van der Waals surface area (Å²) in [6.07, 6.45) is 1.27. The molecule has 31 heavy (non-hydrogen) atoms. The van der Waals surface area contributed by atoms with E-state index in [0.29, 0.717) is 46.6 Å². The molecule has 0 radical (unpaired) electrons. The molecule has 4 rings (SSSR count). The monoisotopic (exact) mass is 464 g/mol. The largest absolute Gasteiger partial charge is 0.465 e. The van der Waals surface area contributed by atoms with Crippen molar-refractivity contribution >= 4 is 27.3 Å². The van der Waals surface area contributed by atoms with Gasteiger partial charge in [0.15, 0.2) is 0 Å². The van der Waals surface area contributed by atoms with Gasteiger partial charge in [-0.15, -0.1) is 11.3 Å². The number of nitrogens with one attached hydrogen (secondary N) is 1. The van der Waals surface area contributed by atoms with Crippen LogP contribution in [0.15, 0.2) is 32.0 Å². The van der Waals surface area contributed by atoms with Crippen molar-refractivity contribution in [3.8, 4) is 10.7 Å². The summed E-state index contributed by atoms with van der Waals surface area (Å²) < 4.78 is 38.5. The van der Waals surface area contributed by atoms with Crippen molar-refractivity contribution in [3.63, 3.8) is 0 Å². The van der Waals surface area contributed by atoms with Crippen molar-refractivity contribution < 1.29 is 22.2 Å². The van der Waals surface area contributed by atoms with E-state index in [4.69, 9.17) is 8.94 Å². The van der Waals surface area contributed by atoms with E-state index in [1.165, 1.54) is 15.6 Å². The molecule has 1 amide bonds. The highest BCUT2D eigenvalue weighted by Gasteiger charge is 2.35. The lowest BCUT2D eigenvalue weighted by atomic mass is 9.99.